The van der Waals surface area contributed by atoms with E-state index in [4.69, 9.17) is 32.4 Å². The van der Waals surface area contributed by atoms with Crippen molar-refractivity contribution in [2.45, 2.75) is 13.3 Å². The predicted molar refractivity (Wildman–Crippen MR) is 101 cm³/mol. The SMILES string of the molecule is CC(=O)COc1cc(Cl)c(Cc2ccc(O)c(-c3ccco3)c2)c(Cl)c1. The van der Waals surface area contributed by atoms with Crippen molar-refractivity contribution in [1.29, 1.82) is 0 Å². The van der Waals surface area contributed by atoms with Crippen molar-refractivity contribution in [3.05, 3.63) is 69.9 Å². The van der Waals surface area contributed by atoms with Crippen LogP contribution in [0.2, 0.25) is 10.0 Å². The number of benzene rings is 2. The van der Waals surface area contributed by atoms with Crippen LogP contribution in [0.3, 0.4) is 0 Å². The summed E-state index contributed by atoms with van der Waals surface area (Å²) < 4.78 is 10.7. The maximum Gasteiger partial charge on any atom is 0.167 e. The van der Waals surface area contributed by atoms with Crippen LogP contribution in [0.15, 0.2) is 53.1 Å². The monoisotopic (exact) mass is 390 g/mol. The fourth-order valence-electron chi connectivity index (χ4n) is 2.54. The molecule has 0 amide bonds. The van der Waals surface area contributed by atoms with E-state index in [1.807, 2.05) is 6.07 Å². The van der Waals surface area contributed by atoms with Crippen molar-refractivity contribution in [3.8, 4) is 22.8 Å². The fourth-order valence-corrected chi connectivity index (χ4v) is 3.14. The number of carbonyl (C=O) groups is 1. The standard InChI is InChI=1S/C20H16Cl2O4/c1-12(23)11-26-14-9-17(21)15(18(22)10-14)7-13-4-5-19(24)16(8-13)20-3-2-6-25-20/h2-6,8-10,24H,7,11H2,1H3. The average Bonchev–Trinajstić information content (AvgIpc) is 3.12. The lowest BCUT2D eigenvalue weighted by Gasteiger charge is -2.12. The van der Waals surface area contributed by atoms with E-state index in [1.54, 1.807) is 42.7 Å². The third-order valence-corrected chi connectivity index (χ3v) is 4.46. The summed E-state index contributed by atoms with van der Waals surface area (Å²) >= 11 is 12.7. The number of aromatic hydroxyl groups is 1. The van der Waals surface area contributed by atoms with Crippen molar-refractivity contribution in [2.75, 3.05) is 6.61 Å². The molecule has 0 saturated carbocycles. The highest BCUT2D eigenvalue weighted by atomic mass is 35.5. The van der Waals surface area contributed by atoms with E-state index < -0.39 is 0 Å². The van der Waals surface area contributed by atoms with Gasteiger partial charge in [0.25, 0.3) is 0 Å². The number of halogens is 2. The molecule has 134 valence electrons. The molecule has 0 unspecified atom stereocenters. The van der Waals surface area contributed by atoms with Crippen molar-refractivity contribution < 1.29 is 19.1 Å². The highest BCUT2D eigenvalue weighted by molar-refractivity contribution is 6.36. The molecular weight excluding hydrogens is 375 g/mol. The van der Waals surface area contributed by atoms with E-state index in [9.17, 15) is 9.90 Å². The summed E-state index contributed by atoms with van der Waals surface area (Å²) in [7, 11) is 0. The van der Waals surface area contributed by atoms with Crippen molar-refractivity contribution >= 4 is 29.0 Å². The summed E-state index contributed by atoms with van der Waals surface area (Å²) in [6.45, 7) is 1.41. The summed E-state index contributed by atoms with van der Waals surface area (Å²) in [5, 5.41) is 11.0. The molecule has 0 aliphatic carbocycles. The number of phenols is 1. The zero-order valence-electron chi connectivity index (χ0n) is 14.0. The van der Waals surface area contributed by atoms with Gasteiger partial charge in [-0.3, -0.25) is 4.79 Å². The Morgan fingerprint density at radius 2 is 1.88 bits per heavy atom. The van der Waals surface area contributed by atoms with E-state index >= 15 is 0 Å². The lowest BCUT2D eigenvalue weighted by molar-refractivity contribution is -0.118. The van der Waals surface area contributed by atoms with Crippen molar-refractivity contribution in [2.24, 2.45) is 0 Å². The highest BCUT2D eigenvalue weighted by Crippen LogP contribution is 2.35. The second-order valence-electron chi connectivity index (χ2n) is 5.86. The highest BCUT2D eigenvalue weighted by Gasteiger charge is 2.13. The number of hydrogen-bond donors (Lipinski definition) is 1. The number of ketones is 1. The molecule has 0 spiro atoms. The topological polar surface area (TPSA) is 59.7 Å². The number of rotatable bonds is 6. The lowest BCUT2D eigenvalue weighted by atomic mass is 10.0. The van der Waals surface area contributed by atoms with Crippen LogP contribution < -0.4 is 4.74 Å². The smallest absolute Gasteiger partial charge is 0.167 e. The van der Waals surface area contributed by atoms with Crippen molar-refractivity contribution in [3.63, 3.8) is 0 Å². The molecule has 2 aromatic carbocycles. The van der Waals surface area contributed by atoms with Gasteiger partial charge in [-0.05, 0) is 54.4 Å². The van der Waals surface area contributed by atoms with Gasteiger partial charge in [0.15, 0.2) is 5.78 Å². The molecular formula is C20H16Cl2O4. The first kappa shape index (κ1) is 18.4. The van der Waals surface area contributed by atoms with Crippen LogP contribution in [0.4, 0.5) is 0 Å². The summed E-state index contributed by atoms with van der Waals surface area (Å²) in [5.74, 6) is 1.07. The normalized spacial score (nSPS) is 10.7. The van der Waals surface area contributed by atoms with E-state index in [0.29, 0.717) is 33.5 Å². The molecule has 0 radical (unpaired) electrons. The van der Waals surface area contributed by atoms with Crippen LogP contribution in [0.25, 0.3) is 11.3 Å². The molecule has 0 bridgehead atoms. The van der Waals surface area contributed by atoms with E-state index in [-0.39, 0.29) is 18.1 Å². The van der Waals surface area contributed by atoms with E-state index in [0.717, 1.165) is 11.1 Å². The van der Waals surface area contributed by atoms with Gasteiger partial charge in [-0.15, -0.1) is 0 Å². The third kappa shape index (κ3) is 4.21. The number of ether oxygens (including phenoxy) is 1. The quantitative estimate of drug-likeness (QED) is 0.601. The lowest BCUT2D eigenvalue weighted by Crippen LogP contribution is -2.06. The third-order valence-electron chi connectivity index (χ3n) is 3.79. The minimum absolute atomic E-state index is 0.0313. The predicted octanol–water partition coefficient (Wildman–Crippen LogP) is 5.52. The van der Waals surface area contributed by atoms with Crippen LogP contribution in [0, 0.1) is 0 Å². The van der Waals surface area contributed by atoms with Crippen molar-refractivity contribution in [1.82, 2.24) is 0 Å². The summed E-state index contributed by atoms with van der Waals surface area (Å²) in [6.07, 6.45) is 2.02. The number of Topliss-reactive ketones (excluding diaryl/α,β-unsaturated/α-hetero) is 1. The molecule has 1 aromatic heterocycles. The Labute approximate surface area is 160 Å². The molecule has 4 nitrogen and oxygen atoms in total. The van der Waals surface area contributed by atoms with Gasteiger partial charge in [-0.2, -0.15) is 0 Å². The van der Waals surface area contributed by atoms with Gasteiger partial charge in [0.05, 0.1) is 11.8 Å². The van der Waals surface area contributed by atoms with E-state index in [2.05, 4.69) is 0 Å². The molecule has 0 aliphatic rings. The van der Waals surface area contributed by atoms with Crippen LogP contribution in [0.5, 0.6) is 11.5 Å². The van der Waals surface area contributed by atoms with Gasteiger partial charge < -0.3 is 14.3 Å². The van der Waals surface area contributed by atoms with E-state index in [1.165, 1.54) is 6.92 Å². The average molecular weight is 391 g/mol. The Bertz CT molecular complexity index is 910. The molecule has 0 fully saturated rings. The first-order chi connectivity index (χ1) is 12.4. The summed E-state index contributed by atoms with van der Waals surface area (Å²) in [4.78, 5) is 11.0. The molecule has 1 heterocycles. The molecule has 3 rings (SSSR count). The molecule has 3 aromatic rings. The zero-order chi connectivity index (χ0) is 18.7. The Hall–Kier alpha value is -2.43. The summed E-state index contributed by atoms with van der Waals surface area (Å²) in [5.41, 5.74) is 2.25. The van der Waals surface area contributed by atoms with Gasteiger partial charge in [-0.1, -0.05) is 29.3 Å². The van der Waals surface area contributed by atoms with Crippen LogP contribution in [-0.2, 0) is 11.2 Å². The van der Waals surface area contributed by atoms with Gasteiger partial charge in [-0.25, -0.2) is 0 Å². The van der Waals surface area contributed by atoms with Crippen LogP contribution in [-0.4, -0.2) is 17.5 Å². The number of carbonyl (C=O) groups excluding carboxylic acids is 1. The van der Waals surface area contributed by atoms with Gasteiger partial charge in [0.2, 0.25) is 0 Å². The molecule has 1 N–H and O–H groups in total. The second kappa shape index (κ2) is 7.85. The first-order valence-corrected chi connectivity index (χ1v) is 8.65. The van der Waals surface area contributed by atoms with Gasteiger partial charge in [0.1, 0.15) is 23.9 Å². The molecule has 6 heteroatoms. The number of hydrogen-bond acceptors (Lipinski definition) is 4. The minimum atomic E-state index is -0.0872. The molecule has 26 heavy (non-hydrogen) atoms. The number of furan rings is 1. The Kier molecular flexibility index (Phi) is 5.55. The first-order valence-electron chi connectivity index (χ1n) is 7.90. The second-order valence-corrected chi connectivity index (χ2v) is 6.68. The molecule has 0 saturated heterocycles. The van der Waals surface area contributed by atoms with Gasteiger partial charge >= 0.3 is 0 Å². The zero-order valence-corrected chi connectivity index (χ0v) is 15.5. The molecule has 0 atom stereocenters. The summed E-state index contributed by atoms with van der Waals surface area (Å²) in [6, 6.07) is 12.1. The van der Waals surface area contributed by atoms with Crippen LogP contribution >= 0.6 is 23.2 Å². The Morgan fingerprint density at radius 1 is 1.15 bits per heavy atom. The maximum absolute atomic E-state index is 11.0. The maximum atomic E-state index is 11.0. The minimum Gasteiger partial charge on any atom is -0.507 e. The largest absolute Gasteiger partial charge is 0.507 e. The number of phenolic OH excluding ortho intramolecular Hbond substituents is 1. The van der Waals surface area contributed by atoms with Gasteiger partial charge in [0, 0.05) is 16.5 Å². The van der Waals surface area contributed by atoms with Crippen LogP contribution in [0.1, 0.15) is 18.1 Å². The Morgan fingerprint density at radius 3 is 2.50 bits per heavy atom. The fraction of sp³-hybridized carbons (Fsp3) is 0.150. The molecule has 0 aliphatic heterocycles. The Balaban J connectivity index is 1.87.